The van der Waals surface area contributed by atoms with E-state index in [1.807, 2.05) is 0 Å². The second-order valence-electron chi connectivity index (χ2n) is 7.90. The quantitative estimate of drug-likeness (QED) is 0.518. The fourth-order valence-electron chi connectivity index (χ4n) is 4.42. The topological polar surface area (TPSA) is 57.2 Å². The van der Waals surface area contributed by atoms with Crippen molar-refractivity contribution in [2.45, 2.75) is 43.9 Å². The van der Waals surface area contributed by atoms with E-state index in [1.54, 1.807) is 0 Å². The lowest BCUT2D eigenvalue weighted by Crippen LogP contribution is -2.39. The predicted octanol–water partition coefficient (Wildman–Crippen LogP) is 4.00. The number of piperidine rings is 1. The van der Waals surface area contributed by atoms with Gasteiger partial charge in [0.25, 0.3) is 0 Å². The third kappa shape index (κ3) is 3.80. The third-order valence-corrected chi connectivity index (χ3v) is 5.90. The first kappa shape index (κ1) is 20.4. The molecule has 1 unspecified atom stereocenters. The number of fused-ring (bicyclic) bond motifs is 3. The Morgan fingerprint density at radius 2 is 1.97 bits per heavy atom. The average Bonchev–Trinajstić information content (AvgIpc) is 3.24. The lowest BCUT2D eigenvalue weighted by Gasteiger charge is -2.28. The molecule has 1 aromatic heterocycles. The molecule has 1 saturated heterocycles. The molecule has 3 atom stereocenters. The summed E-state index contributed by atoms with van der Waals surface area (Å²) >= 11 is 0. The van der Waals surface area contributed by atoms with Crippen molar-refractivity contribution in [3.8, 4) is 0 Å². The van der Waals surface area contributed by atoms with Gasteiger partial charge in [0.1, 0.15) is 11.9 Å². The molecule has 3 N–H and O–H groups in total. The Balaban J connectivity index is 1.74. The Labute approximate surface area is 162 Å². The number of nitrogens with one attached hydrogen (secondary N) is 2. The molecule has 1 aromatic carbocycles. The van der Waals surface area contributed by atoms with Gasteiger partial charge in [0.05, 0.1) is 11.1 Å². The smallest absolute Gasteiger partial charge is 0.374 e. The lowest BCUT2D eigenvalue weighted by atomic mass is 9.87. The van der Waals surface area contributed by atoms with E-state index >= 15 is 0 Å². The standard InChI is InChI=1S/C19H19F6N3O/c20-18(21,22)13-3-1-2-11-12(6-14(19(23,24)25)28-15(11)13)16(29)27-9-17-5-4-10(7-17)26-8-17/h1-3,6,10,16,26-27,29H,4-5,7-9H2/t10-,16?,17+/m0/s1. The zero-order chi connectivity index (χ0) is 21.0. The fourth-order valence-corrected chi connectivity index (χ4v) is 4.42. The summed E-state index contributed by atoms with van der Waals surface area (Å²) in [6.07, 6.45) is -8.57. The molecule has 10 heteroatoms. The Kier molecular flexibility index (Phi) is 4.79. The Hall–Kier alpha value is -1.91. The Morgan fingerprint density at radius 1 is 1.21 bits per heavy atom. The van der Waals surface area contributed by atoms with Gasteiger partial charge in [-0.25, -0.2) is 4.98 Å². The highest BCUT2D eigenvalue weighted by Crippen LogP contribution is 2.43. The van der Waals surface area contributed by atoms with Gasteiger partial charge in [0.15, 0.2) is 0 Å². The summed E-state index contributed by atoms with van der Waals surface area (Å²) in [5.74, 6) is 0. The molecule has 0 spiro atoms. The lowest BCUT2D eigenvalue weighted by molar-refractivity contribution is -0.142. The molecule has 4 rings (SSSR count). The van der Waals surface area contributed by atoms with E-state index in [9.17, 15) is 31.4 Å². The number of aromatic nitrogens is 1. The minimum absolute atomic E-state index is 0.0987. The minimum atomic E-state index is -4.95. The first-order valence-corrected chi connectivity index (χ1v) is 9.21. The van der Waals surface area contributed by atoms with Crippen LogP contribution in [0.25, 0.3) is 10.9 Å². The summed E-state index contributed by atoms with van der Waals surface area (Å²) in [4.78, 5) is 3.24. The van der Waals surface area contributed by atoms with Crippen LogP contribution >= 0.6 is 0 Å². The minimum Gasteiger partial charge on any atom is -0.374 e. The Morgan fingerprint density at radius 3 is 2.52 bits per heavy atom. The highest BCUT2D eigenvalue weighted by atomic mass is 19.4. The molecule has 1 aliphatic carbocycles. The maximum atomic E-state index is 13.3. The van der Waals surface area contributed by atoms with Crippen molar-refractivity contribution in [2.24, 2.45) is 5.41 Å². The maximum absolute atomic E-state index is 13.3. The molecule has 29 heavy (non-hydrogen) atoms. The molecule has 2 heterocycles. The molecule has 2 fully saturated rings. The zero-order valence-electron chi connectivity index (χ0n) is 15.2. The second-order valence-corrected chi connectivity index (χ2v) is 7.90. The zero-order valence-corrected chi connectivity index (χ0v) is 15.2. The van der Waals surface area contributed by atoms with Crippen molar-refractivity contribution < 1.29 is 31.4 Å². The van der Waals surface area contributed by atoms with Crippen LogP contribution in [0, 0.1) is 5.41 Å². The molecule has 1 aliphatic heterocycles. The van der Waals surface area contributed by atoms with E-state index in [0.717, 1.165) is 31.9 Å². The molecule has 2 aliphatic rings. The normalized spacial score (nSPS) is 25.7. The van der Waals surface area contributed by atoms with Crippen LogP contribution in [0.3, 0.4) is 0 Å². The van der Waals surface area contributed by atoms with Gasteiger partial charge in [0, 0.05) is 30.1 Å². The number of pyridine rings is 1. The number of rotatable bonds is 4. The van der Waals surface area contributed by atoms with Crippen molar-refractivity contribution in [3.63, 3.8) is 0 Å². The monoisotopic (exact) mass is 419 g/mol. The van der Waals surface area contributed by atoms with Gasteiger partial charge >= 0.3 is 12.4 Å². The van der Waals surface area contributed by atoms with Crippen molar-refractivity contribution in [1.82, 2.24) is 15.6 Å². The molecule has 158 valence electrons. The van der Waals surface area contributed by atoms with Gasteiger partial charge in [-0.2, -0.15) is 26.3 Å². The van der Waals surface area contributed by atoms with Crippen LogP contribution in [-0.2, 0) is 12.4 Å². The summed E-state index contributed by atoms with van der Waals surface area (Å²) in [7, 11) is 0. The summed E-state index contributed by atoms with van der Waals surface area (Å²) in [5.41, 5.74) is -3.94. The van der Waals surface area contributed by atoms with Crippen LogP contribution in [0.2, 0.25) is 0 Å². The first-order chi connectivity index (χ1) is 13.5. The summed E-state index contributed by atoms with van der Waals surface area (Å²) in [5, 5.41) is 16.6. The van der Waals surface area contributed by atoms with E-state index in [1.165, 1.54) is 6.07 Å². The fraction of sp³-hybridized carbons (Fsp3) is 0.526. The molecular formula is C19H19F6N3O. The molecular weight excluding hydrogens is 400 g/mol. The number of nitrogens with zero attached hydrogens (tertiary/aromatic N) is 1. The Bertz CT molecular complexity index is 919. The highest BCUT2D eigenvalue weighted by Gasteiger charge is 2.45. The molecule has 2 bridgehead atoms. The second kappa shape index (κ2) is 6.82. The summed E-state index contributed by atoms with van der Waals surface area (Å²) in [6.45, 7) is 1.09. The van der Waals surface area contributed by atoms with E-state index in [4.69, 9.17) is 0 Å². The van der Waals surface area contributed by atoms with Crippen molar-refractivity contribution in [2.75, 3.05) is 13.1 Å². The van der Waals surface area contributed by atoms with Crippen LogP contribution in [0.5, 0.6) is 0 Å². The van der Waals surface area contributed by atoms with Gasteiger partial charge in [-0.05, 0) is 36.8 Å². The molecule has 0 amide bonds. The highest BCUT2D eigenvalue weighted by molar-refractivity contribution is 5.86. The number of alkyl halides is 6. The average molecular weight is 419 g/mol. The van der Waals surface area contributed by atoms with E-state index < -0.39 is 35.4 Å². The van der Waals surface area contributed by atoms with Crippen molar-refractivity contribution in [1.29, 1.82) is 0 Å². The third-order valence-electron chi connectivity index (χ3n) is 5.90. The summed E-state index contributed by atoms with van der Waals surface area (Å²) in [6, 6.07) is 4.03. The van der Waals surface area contributed by atoms with Crippen LogP contribution in [0.15, 0.2) is 24.3 Å². The van der Waals surface area contributed by atoms with E-state index in [2.05, 4.69) is 15.6 Å². The molecule has 4 nitrogen and oxygen atoms in total. The van der Waals surface area contributed by atoms with Crippen LogP contribution < -0.4 is 10.6 Å². The number of hydrogen-bond donors (Lipinski definition) is 3. The number of aliphatic hydroxyl groups is 1. The molecule has 1 saturated carbocycles. The number of benzene rings is 1. The largest absolute Gasteiger partial charge is 0.433 e. The SMILES string of the molecule is OC(NC[C@]12CC[C@@H](C1)NC2)c1cc(C(F)(F)F)nc2c(C(F)(F)F)cccc12. The van der Waals surface area contributed by atoms with Gasteiger partial charge in [0.2, 0.25) is 0 Å². The van der Waals surface area contributed by atoms with Crippen molar-refractivity contribution >= 4 is 10.9 Å². The number of hydrogen-bond acceptors (Lipinski definition) is 4. The summed E-state index contributed by atoms with van der Waals surface area (Å²) < 4.78 is 79.8. The van der Waals surface area contributed by atoms with Gasteiger partial charge in [-0.3, -0.25) is 5.32 Å². The van der Waals surface area contributed by atoms with Gasteiger partial charge in [-0.15, -0.1) is 0 Å². The number of para-hydroxylation sites is 1. The number of halogens is 6. The maximum Gasteiger partial charge on any atom is 0.433 e. The van der Waals surface area contributed by atoms with Gasteiger partial charge in [-0.1, -0.05) is 12.1 Å². The van der Waals surface area contributed by atoms with E-state index in [-0.39, 0.29) is 16.4 Å². The number of aliphatic hydroxyl groups excluding tert-OH is 1. The van der Waals surface area contributed by atoms with Crippen molar-refractivity contribution in [3.05, 3.63) is 41.1 Å². The predicted molar refractivity (Wildman–Crippen MR) is 92.8 cm³/mol. The van der Waals surface area contributed by atoms with Crippen LogP contribution in [0.4, 0.5) is 26.3 Å². The first-order valence-electron chi connectivity index (χ1n) is 9.21. The molecule has 0 radical (unpaired) electrons. The molecule has 2 aromatic rings. The van der Waals surface area contributed by atoms with E-state index in [0.29, 0.717) is 24.7 Å². The van der Waals surface area contributed by atoms with Crippen LogP contribution in [-0.4, -0.2) is 29.2 Å². The van der Waals surface area contributed by atoms with Crippen LogP contribution in [0.1, 0.15) is 42.3 Å². The van der Waals surface area contributed by atoms with Gasteiger partial charge < -0.3 is 10.4 Å².